The zero-order valence-corrected chi connectivity index (χ0v) is 18.0. The van der Waals surface area contributed by atoms with Crippen molar-refractivity contribution in [1.82, 2.24) is 9.88 Å². The normalized spacial score (nSPS) is 17.7. The van der Waals surface area contributed by atoms with Gasteiger partial charge in [-0.15, -0.1) is 11.3 Å². The summed E-state index contributed by atoms with van der Waals surface area (Å²) in [6.45, 7) is 6.48. The minimum absolute atomic E-state index is 0.00193. The number of para-hydroxylation sites is 1. The van der Waals surface area contributed by atoms with Gasteiger partial charge in [0.1, 0.15) is 5.01 Å². The molecular weight excluding hydrogens is 382 g/mol. The molecule has 1 aromatic heterocycles. The van der Waals surface area contributed by atoms with E-state index < -0.39 is 0 Å². The fourth-order valence-electron chi connectivity index (χ4n) is 3.85. The third-order valence-corrected chi connectivity index (χ3v) is 7.14. The number of hydrogen-bond donors (Lipinski definition) is 0. The SMILES string of the molecule is Cc1cccc(N2CC(C(=O)N(C)C(C)c3nc4ccccc4s3)CC2=O)c1C. The zero-order valence-electron chi connectivity index (χ0n) is 17.2. The molecule has 4 rings (SSSR count). The van der Waals surface area contributed by atoms with Gasteiger partial charge in [-0.05, 0) is 50.1 Å². The third-order valence-electron chi connectivity index (χ3n) is 5.94. The topological polar surface area (TPSA) is 53.5 Å². The van der Waals surface area contributed by atoms with Gasteiger partial charge in [-0.3, -0.25) is 9.59 Å². The van der Waals surface area contributed by atoms with Gasteiger partial charge < -0.3 is 9.80 Å². The molecule has 2 heterocycles. The molecule has 0 radical (unpaired) electrons. The molecule has 0 bridgehead atoms. The van der Waals surface area contributed by atoms with Crippen LogP contribution in [-0.4, -0.2) is 35.3 Å². The van der Waals surface area contributed by atoms with Crippen LogP contribution in [0.15, 0.2) is 42.5 Å². The first-order valence-corrected chi connectivity index (χ1v) is 10.7. The second kappa shape index (κ2) is 7.59. The van der Waals surface area contributed by atoms with Gasteiger partial charge in [0.05, 0.1) is 22.2 Å². The van der Waals surface area contributed by atoms with Gasteiger partial charge in [-0.1, -0.05) is 24.3 Å². The summed E-state index contributed by atoms with van der Waals surface area (Å²) in [5, 5.41) is 0.915. The maximum absolute atomic E-state index is 13.2. The Morgan fingerprint density at radius 3 is 2.72 bits per heavy atom. The van der Waals surface area contributed by atoms with E-state index in [0.29, 0.717) is 6.54 Å². The van der Waals surface area contributed by atoms with Gasteiger partial charge in [-0.25, -0.2) is 4.98 Å². The van der Waals surface area contributed by atoms with Gasteiger partial charge >= 0.3 is 0 Å². The van der Waals surface area contributed by atoms with Crippen LogP contribution in [-0.2, 0) is 9.59 Å². The number of nitrogens with zero attached hydrogens (tertiary/aromatic N) is 3. The maximum Gasteiger partial charge on any atom is 0.228 e. The number of carbonyl (C=O) groups is 2. The van der Waals surface area contributed by atoms with Crippen LogP contribution >= 0.6 is 11.3 Å². The first-order valence-electron chi connectivity index (χ1n) is 9.85. The summed E-state index contributed by atoms with van der Waals surface area (Å²) in [6, 6.07) is 13.8. The highest BCUT2D eigenvalue weighted by atomic mass is 32.1. The van der Waals surface area contributed by atoms with E-state index in [2.05, 4.69) is 4.98 Å². The lowest BCUT2D eigenvalue weighted by molar-refractivity contribution is -0.136. The molecule has 0 aliphatic carbocycles. The first-order chi connectivity index (χ1) is 13.9. The molecule has 6 heteroatoms. The van der Waals surface area contributed by atoms with Crippen molar-refractivity contribution in [3.8, 4) is 0 Å². The molecule has 2 unspecified atom stereocenters. The van der Waals surface area contributed by atoms with Crippen molar-refractivity contribution in [1.29, 1.82) is 0 Å². The minimum atomic E-state index is -0.329. The zero-order chi connectivity index (χ0) is 20.7. The second-order valence-electron chi connectivity index (χ2n) is 7.77. The molecule has 0 spiro atoms. The molecule has 1 aliphatic heterocycles. The number of benzene rings is 2. The van der Waals surface area contributed by atoms with E-state index in [1.54, 1.807) is 21.1 Å². The summed E-state index contributed by atoms with van der Waals surface area (Å²) in [5.41, 5.74) is 4.10. The van der Waals surface area contributed by atoms with E-state index in [9.17, 15) is 9.59 Å². The van der Waals surface area contributed by atoms with Crippen molar-refractivity contribution in [2.75, 3.05) is 18.5 Å². The number of thiazole rings is 1. The Kier molecular flexibility index (Phi) is 5.13. The average molecular weight is 408 g/mol. The van der Waals surface area contributed by atoms with Crippen LogP contribution in [0.2, 0.25) is 0 Å². The lowest BCUT2D eigenvalue weighted by Crippen LogP contribution is -2.36. The number of fused-ring (bicyclic) bond motifs is 1. The van der Waals surface area contributed by atoms with E-state index in [1.165, 1.54) is 0 Å². The summed E-state index contributed by atoms with van der Waals surface area (Å²) in [4.78, 5) is 34.0. The Bertz CT molecular complexity index is 1060. The van der Waals surface area contributed by atoms with Crippen LogP contribution in [0.25, 0.3) is 10.2 Å². The summed E-state index contributed by atoms with van der Waals surface area (Å²) in [6.07, 6.45) is 0.253. The van der Waals surface area contributed by atoms with Crippen LogP contribution in [0.5, 0.6) is 0 Å². The lowest BCUT2D eigenvalue weighted by atomic mass is 10.1. The standard InChI is InChI=1S/C23H25N3O2S/c1-14-8-7-10-19(15(14)2)26-13-17(12-21(26)27)23(28)25(4)16(3)22-24-18-9-5-6-11-20(18)29-22/h5-11,16-17H,12-13H2,1-4H3. The van der Waals surface area contributed by atoms with E-state index in [0.717, 1.165) is 32.0 Å². The number of anilines is 1. The first kappa shape index (κ1) is 19.6. The van der Waals surface area contributed by atoms with Crippen molar-refractivity contribution in [3.63, 3.8) is 0 Å². The minimum Gasteiger partial charge on any atom is -0.336 e. The molecular formula is C23H25N3O2S. The highest BCUT2D eigenvalue weighted by Crippen LogP contribution is 2.33. The summed E-state index contributed by atoms with van der Waals surface area (Å²) in [7, 11) is 1.81. The monoisotopic (exact) mass is 407 g/mol. The summed E-state index contributed by atoms with van der Waals surface area (Å²) >= 11 is 1.61. The number of rotatable bonds is 4. The molecule has 2 atom stereocenters. The molecule has 1 aliphatic rings. The molecule has 5 nitrogen and oxygen atoms in total. The fraction of sp³-hybridized carbons (Fsp3) is 0.348. The number of carbonyl (C=O) groups excluding carboxylic acids is 2. The largest absolute Gasteiger partial charge is 0.336 e. The van der Waals surface area contributed by atoms with Crippen LogP contribution in [0.4, 0.5) is 5.69 Å². The van der Waals surface area contributed by atoms with Crippen molar-refractivity contribution in [2.45, 2.75) is 33.2 Å². The molecule has 1 fully saturated rings. The van der Waals surface area contributed by atoms with Crippen LogP contribution in [0, 0.1) is 19.8 Å². The van der Waals surface area contributed by atoms with Gasteiger partial charge in [0.25, 0.3) is 0 Å². The van der Waals surface area contributed by atoms with Crippen molar-refractivity contribution in [2.24, 2.45) is 5.92 Å². The fourth-order valence-corrected chi connectivity index (χ4v) is 4.91. The summed E-state index contributed by atoms with van der Waals surface area (Å²) in [5.74, 6) is -0.319. The molecule has 2 aromatic carbocycles. The lowest BCUT2D eigenvalue weighted by Gasteiger charge is -2.26. The van der Waals surface area contributed by atoms with E-state index in [4.69, 9.17) is 0 Å². The third kappa shape index (κ3) is 3.53. The Hall–Kier alpha value is -2.73. The smallest absolute Gasteiger partial charge is 0.228 e. The van der Waals surface area contributed by atoms with Gasteiger partial charge in [0.2, 0.25) is 11.8 Å². The Balaban J connectivity index is 1.51. The number of amides is 2. The quantitative estimate of drug-likeness (QED) is 0.640. The molecule has 2 amide bonds. The van der Waals surface area contributed by atoms with Crippen LogP contribution in [0.1, 0.15) is 35.5 Å². The molecule has 29 heavy (non-hydrogen) atoms. The average Bonchev–Trinajstić information content (AvgIpc) is 3.32. The van der Waals surface area contributed by atoms with Crippen LogP contribution in [0.3, 0.4) is 0 Å². The van der Waals surface area contributed by atoms with E-state index in [-0.39, 0.29) is 30.2 Å². The predicted octanol–water partition coefficient (Wildman–Crippen LogP) is 4.49. The highest BCUT2D eigenvalue weighted by molar-refractivity contribution is 7.18. The van der Waals surface area contributed by atoms with Crippen molar-refractivity contribution >= 4 is 39.1 Å². The maximum atomic E-state index is 13.2. The number of aryl methyl sites for hydroxylation is 1. The van der Waals surface area contributed by atoms with Crippen molar-refractivity contribution < 1.29 is 9.59 Å². The predicted molar refractivity (Wildman–Crippen MR) is 117 cm³/mol. The van der Waals surface area contributed by atoms with Crippen molar-refractivity contribution in [3.05, 3.63) is 58.6 Å². The molecule has 0 saturated carbocycles. The molecule has 3 aromatic rings. The van der Waals surface area contributed by atoms with Gasteiger partial charge in [0.15, 0.2) is 0 Å². The van der Waals surface area contributed by atoms with Gasteiger partial charge in [0, 0.05) is 25.7 Å². The Morgan fingerprint density at radius 2 is 1.97 bits per heavy atom. The Labute approximate surface area is 175 Å². The van der Waals surface area contributed by atoms with E-state index >= 15 is 0 Å². The number of aromatic nitrogens is 1. The molecule has 150 valence electrons. The number of hydrogen-bond acceptors (Lipinski definition) is 4. The molecule has 1 saturated heterocycles. The highest BCUT2D eigenvalue weighted by Gasteiger charge is 2.38. The Morgan fingerprint density at radius 1 is 1.21 bits per heavy atom. The van der Waals surface area contributed by atoms with Gasteiger partial charge in [-0.2, -0.15) is 0 Å². The molecule has 0 N–H and O–H groups in total. The van der Waals surface area contributed by atoms with E-state index in [1.807, 2.05) is 70.3 Å². The second-order valence-corrected chi connectivity index (χ2v) is 8.83. The van der Waals surface area contributed by atoms with Crippen LogP contribution < -0.4 is 4.90 Å². The summed E-state index contributed by atoms with van der Waals surface area (Å²) < 4.78 is 1.12.